The highest BCUT2D eigenvalue weighted by atomic mass is 32.2. The summed E-state index contributed by atoms with van der Waals surface area (Å²) in [7, 11) is 1.37. The van der Waals surface area contributed by atoms with Crippen molar-refractivity contribution in [2.75, 3.05) is 7.11 Å². The topological polar surface area (TPSA) is 88.1 Å². The third-order valence-electron chi connectivity index (χ3n) is 5.30. The first-order valence-electron chi connectivity index (χ1n) is 10.7. The highest BCUT2D eigenvalue weighted by molar-refractivity contribution is 7.98. The maximum Gasteiger partial charge on any atom is 0.387 e. The lowest BCUT2D eigenvalue weighted by molar-refractivity contribution is -0.0512. The molecule has 1 aliphatic carbocycles. The van der Waals surface area contributed by atoms with Gasteiger partial charge in [-0.2, -0.15) is 13.8 Å². The number of alkyl halides is 2. The fourth-order valence-electron chi connectivity index (χ4n) is 3.52. The fraction of sp³-hybridized carbons (Fsp3) is 0.304. The van der Waals surface area contributed by atoms with E-state index in [0.29, 0.717) is 35.5 Å². The van der Waals surface area contributed by atoms with E-state index in [1.165, 1.54) is 36.6 Å². The molecule has 34 heavy (non-hydrogen) atoms. The van der Waals surface area contributed by atoms with E-state index in [1.54, 1.807) is 6.07 Å². The summed E-state index contributed by atoms with van der Waals surface area (Å²) in [6.45, 7) is -2.25. The number of nitrogens with zero attached hydrogens (tertiary/aromatic N) is 5. The van der Waals surface area contributed by atoms with Crippen LogP contribution in [0.5, 0.6) is 11.5 Å². The quantitative estimate of drug-likeness (QED) is 0.285. The van der Waals surface area contributed by atoms with Crippen molar-refractivity contribution in [1.82, 2.24) is 24.9 Å². The van der Waals surface area contributed by atoms with Gasteiger partial charge in [-0.1, -0.05) is 47.3 Å². The molecule has 1 saturated carbocycles. The highest BCUT2D eigenvalue weighted by Crippen LogP contribution is 2.40. The Kier molecular flexibility index (Phi) is 6.43. The molecule has 1 aliphatic rings. The van der Waals surface area contributed by atoms with Gasteiger partial charge in [-0.3, -0.25) is 0 Å². The molecule has 0 unspecified atom stereocenters. The predicted octanol–water partition coefficient (Wildman–Crippen LogP) is 5.16. The molecular weight excluding hydrogens is 464 g/mol. The largest absolute Gasteiger partial charge is 0.493 e. The Hall–Kier alpha value is -3.47. The lowest BCUT2D eigenvalue weighted by Gasteiger charge is -2.10. The number of aromatic nitrogens is 5. The summed E-state index contributed by atoms with van der Waals surface area (Å²) in [4.78, 5) is 4.43. The summed E-state index contributed by atoms with van der Waals surface area (Å²) in [6.07, 6.45) is 2.27. The number of methoxy groups -OCH3 is 1. The molecule has 1 fully saturated rings. The Bertz CT molecular complexity index is 1260. The number of hydrogen-bond donors (Lipinski definition) is 0. The molecule has 0 radical (unpaired) electrons. The average molecular weight is 486 g/mol. The van der Waals surface area contributed by atoms with Gasteiger partial charge in [0.05, 0.1) is 19.4 Å². The molecule has 2 heterocycles. The van der Waals surface area contributed by atoms with Crippen LogP contribution in [0.15, 0.2) is 58.2 Å². The fourth-order valence-corrected chi connectivity index (χ4v) is 4.30. The van der Waals surface area contributed by atoms with Crippen LogP contribution in [0.4, 0.5) is 8.78 Å². The van der Waals surface area contributed by atoms with Gasteiger partial charge in [0.15, 0.2) is 16.7 Å². The van der Waals surface area contributed by atoms with E-state index in [1.807, 2.05) is 18.2 Å². The maximum absolute atomic E-state index is 12.6. The van der Waals surface area contributed by atoms with E-state index in [9.17, 15) is 8.78 Å². The zero-order valence-corrected chi connectivity index (χ0v) is 19.0. The van der Waals surface area contributed by atoms with Crippen molar-refractivity contribution >= 4 is 11.8 Å². The number of hydrogen-bond acceptors (Lipinski definition) is 8. The van der Waals surface area contributed by atoms with E-state index in [2.05, 4.69) is 41.8 Å². The van der Waals surface area contributed by atoms with Crippen molar-refractivity contribution in [1.29, 1.82) is 0 Å². The van der Waals surface area contributed by atoms with Crippen molar-refractivity contribution in [3.8, 4) is 22.9 Å². The zero-order valence-electron chi connectivity index (χ0n) is 18.2. The molecule has 8 nitrogen and oxygen atoms in total. The van der Waals surface area contributed by atoms with E-state index in [4.69, 9.17) is 9.26 Å². The minimum Gasteiger partial charge on any atom is -0.493 e. The molecule has 0 N–H and O–H groups in total. The highest BCUT2D eigenvalue weighted by Gasteiger charge is 2.30. The smallest absolute Gasteiger partial charge is 0.387 e. The van der Waals surface area contributed by atoms with Crippen molar-refractivity contribution < 1.29 is 22.8 Å². The van der Waals surface area contributed by atoms with Crippen molar-refractivity contribution in [3.63, 3.8) is 0 Å². The summed E-state index contributed by atoms with van der Waals surface area (Å²) in [5.74, 6) is 2.71. The monoisotopic (exact) mass is 485 g/mol. The maximum atomic E-state index is 12.6. The average Bonchev–Trinajstić information content (AvgIpc) is 3.44. The Labute approximate surface area is 198 Å². The van der Waals surface area contributed by atoms with Crippen LogP contribution in [-0.2, 0) is 12.3 Å². The van der Waals surface area contributed by atoms with Crippen LogP contribution in [0.3, 0.4) is 0 Å². The molecule has 176 valence electrons. The van der Waals surface area contributed by atoms with Crippen molar-refractivity contribution in [2.24, 2.45) is 0 Å². The Balaban J connectivity index is 1.31. The van der Waals surface area contributed by atoms with Crippen LogP contribution < -0.4 is 9.47 Å². The van der Waals surface area contributed by atoms with Crippen molar-refractivity contribution in [2.45, 2.75) is 42.8 Å². The first kappa shape index (κ1) is 22.3. The predicted molar refractivity (Wildman–Crippen MR) is 120 cm³/mol. The van der Waals surface area contributed by atoms with Crippen LogP contribution in [0.1, 0.15) is 36.0 Å². The van der Waals surface area contributed by atoms with E-state index in [-0.39, 0.29) is 11.5 Å². The summed E-state index contributed by atoms with van der Waals surface area (Å²) in [6, 6.07) is 14.7. The standard InChI is InChI=1S/C23H21F2N5O3S/c1-31-18-11-16(9-10-17(18)32-22(24)25)20-26-19(33-29-20)13-34-23-28-27-21(15-7-8-15)30(23)12-14-5-3-2-4-6-14/h2-6,9-11,15,22H,7-8,12-13H2,1H3. The molecule has 0 bridgehead atoms. The number of ether oxygens (including phenoxy) is 2. The van der Waals surface area contributed by atoms with Crippen LogP contribution in [0.2, 0.25) is 0 Å². The molecule has 2 aromatic carbocycles. The second-order valence-corrected chi connectivity index (χ2v) is 8.67. The number of halogens is 2. The minimum atomic E-state index is -2.95. The van der Waals surface area contributed by atoms with Gasteiger partial charge in [0, 0.05) is 11.5 Å². The van der Waals surface area contributed by atoms with E-state index >= 15 is 0 Å². The van der Waals surface area contributed by atoms with E-state index < -0.39 is 6.61 Å². The third-order valence-corrected chi connectivity index (χ3v) is 6.25. The van der Waals surface area contributed by atoms with Crippen LogP contribution in [0.25, 0.3) is 11.4 Å². The second-order valence-electron chi connectivity index (χ2n) is 7.73. The number of thioether (sulfide) groups is 1. The van der Waals surface area contributed by atoms with E-state index in [0.717, 1.165) is 23.8 Å². The van der Waals surface area contributed by atoms with Crippen LogP contribution in [0, 0.1) is 0 Å². The van der Waals surface area contributed by atoms with Gasteiger partial charge in [0.2, 0.25) is 11.7 Å². The van der Waals surface area contributed by atoms with Gasteiger partial charge in [-0.25, -0.2) is 0 Å². The molecule has 0 saturated heterocycles. The SMILES string of the molecule is COc1cc(-c2noc(CSc3nnc(C4CC4)n3Cc3ccccc3)n2)ccc1OC(F)F. The second kappa shape index (κ2) is 9.80. The normalized spacial score (nSPS) is 13.4. The summed E-state index contributed by atoms with van der Waals surface area (Å²) < 4.78 is 42.3. The van der Waals surface area contributed by atoms with Gasteiger partial charge in [0.25, 0.3) is 0 Å². The molecule has 11 heteroatoms. The third kappa shape index (κ3) is 5.04. The molecule has 0 atom stereocenters. The number of rotatable bonds is 10. The summed E-state index contributed by atoms with van der Waals surface area (Å²) in [5.41, 5.74) is 1.74. The van der Waals surface area contributed by atoms with Gasteiger partial charge in [-0.05, 0) is 36.6 Å². The minimum absolute atomic E-state index is 0.0651. The lowest BCUT2D eigenvalue weighted by atomic mass is 10.2. The van der Waals surface area contributed by atoms with Gasteiger partial charge < -0.3 is 18.6 Å². The van der Waals surface area contributed by atoms with Gasteiger partial charge in [-0.15, -0.1) is 10.2 Å². The van der Waals surface area contributed by atoms with Crippen LogP contribution >= 0.6 is 11.8 Å². The lowest BCUT2D eigenvalue weighted by Crippen LogP contribution is -2.06. The first-order valence-corrected chi connectivity index (χ1v) is 11.6. The molecular formula is C23H21F2N5O3S. The van der Waals surface area contributed by atoms with Gasteiger partial charge >= 0.3 is 6.61 Å². The molecule has 2 aromatic heterocycles. The molecule has 0 aliphatic heterocycles. The summed E-state index contributed by atoms with van der Waals surface area (Å²) in [5, 5.41) is 13.6. The molecule has 0 spiro atoms. The molecule has 5 rings (SSSR count). The van der Waals surface area contributed by atoms with Crippen LogP contribution in [-0.4, -0.2) is 38.6 Å². The summed E-state index contributed by atoms with van der Waals surface area (Å²) >= 11 is 1.48. The Morgan fingerprint density at radius 2 is 1.94 bits per heavy atom. The van der Waals surface area contributed by atoms with Gasteiger partial charge in [0.1, 0.15) is 5.82 Å². The first-order chi connectivity index (χ1) is 16.6. The molecule has 0 amide bonds. The van der Waals surface area contributed by atoms with Crippen molar-refractivity contribution in [3.05, 3.63) is 65.8 Å². The number of benzene rings is 2. The Morgan fingerprint density at radius 3 is 2.68 bits per heavy atom. The zero-order chi connectivity index (χ0) is 23.5. The Morgan fingerprint density at radius 1 is 1.12 bits per heavy atom. The molecule has 4 aromatic rings.